The quantitative estimate of drug-likeness (QED) is 0.530. The molecule has 0 bridgehead atoms. The van der Waals surface area contributed by atoms with E-state index in [1.165, 1.54) is 6.07 Å². The second-order valence-corrected chi connectivity index (χ2v) is 3.33. The molecule has 0 aliphatic heterocycles. The molecule has 0 unspecified atom stereocenters. The van der Waals surface area contributed by atoms with Crippen LogP contribution in [0.2, 0.25) is 0 Å². The Kier molecular flexibility index (Phi) is 2.49. The summed E-state index contributed by atoms with van der Waals surface area (Å²) in [4.78, 5) is 15.0. The number of carboxylic acids is 1. The molecule has 0 aliphatic carbocycles. The SMILES string of the molecule is CCn1c(NN)nc2cc(C(=O)O)ccc21. The van der Waals surface area contributed by atoms with E-state index in [1.807, 2.05) is 11.5 Å². The minimum Gasteiger partial charge on any atom is -0.478 e. The van der Waals surface area contributed by atoms with Crippen molar-refractivity contribution >= 4 is 23.0 Å². The van der Waals surface area contributed by atoms with Gasteiger partial charge >= 0.3 is 5.97 Å². The lowest BCUT2D eigenvalue weighted by Crippen LogP contribution is -2.12. The average Bonchev–Trinajstić information content (AvgIpc) is 2.65. The highest BCUT2D eigenvalue weighted by atomic mass is 16.4. The summed E-state index contributed by atoms with van der Waals surface area (Å²) in [7, 11) is 0. The van der Waals surface area contributed by atoms with Gasteiger partial charge in [-0.15, -0.1) is 0 Å². The number of carbonyl (C=O) groups is 1. The molecule has 6 nitrogen and oxygen atoms in total. The molecule has 0 saturated carbocycles. The van der Waals surface area contributed by atoms with E-state index in [2.05, 4.69) is 10.4 Å². The zero-order chi connectivity index (χ0) is 11.7. The van der Waals surface area contributed by atoms with Gasteiger partial charge in [0.15, 0.2) is 0 Å². The van der Waals surface area contributed by atoms with Gasteiger partial charge in [-0.2, -0.15) is 0 Å². The van der Waals surface area contributed by atoms with Crippen molar-refractivity contribution in [2.45, 2.75) is 13.5 Å². The van der Waals surface area contributed by atoms with Gasteiger partial charge in [-0.25, -0.2) is 15.6 Å². The molecule has 1 aromatic carbocycles. The van der Waals surface area contributed by atoms with Crippen molar-refractivity contribution in [1.82, 2.24) is 9.55 Å². The summed E-state index contributed by atoms with van der Waals surface area (Å²) in [5, 5.41) is 8.86. The van der Waals surface area contributed by atoms with E-state index in [4.69, 9.17) is 10.9 Å². The summed E-state index contributed by atoms with van der Waals surface area (Å²) in [6, 6.07) is 4.82. The van der Waals surface area contributed by atoms with Crippen LogP contribution in [0.25, 0.3) is 11.0 Å². The van der Waals surface area contributed by atoms with Gasteiger partial charge in [-0.1, -0.05) is 0 Å². The number of nitrogen functional groups attached to an aromatic ring is 1. The van der Waals surface area contributed by atoms with Gasteiger partial charge in [0.2, 0.25) is 5.95 Å². The Morgan fingerprint density at radius 3 is 2.94 bits per heavy atom. The van der Waals surface area contributed by atoms with Crippen LogP contribution < -0.4 is 11.3 Å². The molecule has 2 rings (SSSR count). The summed E-state index contributed by atoms with van der Waals surface area (Å²) in [5.41, 5.74) is 4.19. The molecule has 4 N–H and O–H groups in total. The van der Waals surface area contributed by atoms with E-state index >= 15 is 0 Å². The lowest BCUT2D eigenvalue weighted by atomic mass is 10.2. The number of fused-ring (bicyclic) bond motifs is 1. The summed E-state index contributed by atoms with van der Waals surface area (Å²) in [6.45, 7) is 2.68. The minimum absolute atomic E-state index is 0.219. The molecule has 2 aromatic rings. The van der Waals surface area contributed by atoms with Crippen LogP contribution in [0.5, 0.6) is 0 Å². The molecule has 0 saturated heterocycles. The number of anilines is 1. The molecular formula is C10H12N4O2. The number of hydrogen-bond acceptors (Lipinski definition) is 4. The zero-order valence-electron chi connectivity index (χ0n) is 8.77. The third-order valence-electron chi connectivity index (χ3n) is 2.44. The molecule has 6 heteroatoms. The van der Waals surface area contributed by atoms with Gasteiger partial charge < -0.3 is 9.67 Å². The Hall–Kier alpha value is -2.08. The van der Waals surface area contributed by atoms with Gasteiger partial charge in [0, 0.05) is 6.54 Å². The highest BCUT2D eigenvalue weighted by molar-refractivity contribution is 5.93. The zero-order valence-corrected chi connectivity index (χ0v) is 8.77. The van der Waals surface area contributed by atoms with Gasteiger partial charge in [0.05, 0.1) is 16.6 Å². The lowest BCUT2D eigenvalue weighted by molar-refractivity contribution is 0.0697. The van der Waals surface area contributed by atoms with Crippen LogP contribution in [0, 0.1) is 0 Å². The molecule has 16 heavy (non-hydrogen) atoms. The monoisotopic (exact) mass is 220 g/mol. The second-order valence-electron chi connectivity index (χ2n) is 3.33. The fourth-order valence-corrected chi connectivity index (χ4v) is 1.69. The van der Waals surface area contributed by atoms with Gasteiger partial charge in [-0.3, -0.25) is 5.43 Å². The maximum atomic E-state index is 10.8. The summed E-state index contributed by atoms with van der Waals surface area (Å²) in [6.07, 6.45) is 0. The number of nitrogens with zero attached hydrogens (tertiary/aromatic N) is 2. The summed E-state index contributed by atoms with van der Waals surface area (Å²) >= 11 is 0. The average molecular weight is 220 g/mol. The minimum atomic E-state index is -0.963. The number of rotatable bonds is 3. The number of aromatic nitrogens is 2. The van der Waals surface area contributed by atoms with Crippen molar-refractivity contribution in [3.63, 3.8) is 0 Å². The molecule has 84 valence electrons. The van der Waals surface area contributed by atoms with Crippen LogP contribution >= 0.6 is 0 Å². The van der Waals surface area contributed by atoms with Crippen LogP contribution in [0.15, 0.2) is 18.2 Å². The van der Waals surface area contributed by atoms with E-state index < -0.39 is 5.97 Å². The second kappa shape index (κ2) is 3.82. The first-order valence-electron chi connectivity index (χ1n) is 4.87. The maximum absolute atomic E-state index is 10.8. The first-order valence-corrected chi connectivity index (χ1v) is 4.87. The lowest BCUT2D eigenvalue weighted by Gasteiger charge is -2.03. The Labute approximate surface area is 91.7 Å². The topological polar surface area (TPSA) is 93.2 Å². The Morgan fingerprint density at radius 1 is 1.62 bits per heavy atom. The van der Waals surface area contributed by atoms with E-state index in [0.717, 1.165) is 5.52 Å². The molecule has 0 amide bonds. The molecule has 0 atom stereocenters. The summed E-state index contributed by atoms with van der Waals surface area (Å²) < 4.78 is 1.88. The highest BCUT2D eigenvalue weighted by Gasteiger charge is 2.10. The van der Waals surface area contributed by atoms with Crippen LogP contribution in [0.3, 0.4) is 0 Å². The number of nitrogens with two attached hydrogens (primary N) is 1. The number of aromatic carboxylic acids is 1. The number of hydrazine groups is 1. The van der Waals surface area contributed by atoms with Crippen molar-refractivity contribution in [2.75, 3.05) is 5.43 Å². The number of benzene rings is 1. The smallest absolute Gasteiger partial charge is 0.335 e. The Balaban J connectivity index is 2.67. The number of aryl methyl sites for hydroxylation is 1. The fourth-order valence-electron chi connectivity index (χ4n) is 1.69. The number of nitrogens with one attached hydrogen (secondary N) is 1. The van der Waals surface area contributed by atoms with E-state index in [1.54, 1.807) is 12.1 Å². The first-order chi connectivity index (χ1) is 7.67. The van der Waals surface area contributed by atoms with E-state index in [-0.39, 0.29) is 5.56 Å². The Bertz CT molecular complexity index is 547. The third kappa shape index (κ3) is 1.49. The third-order valence-corrected chi connectivity index (χ3v) is 2.44. The molecule has 0 spiro atoms. The predicted octanol–water partition coefficient (Wildman–Crippen LogP) is 1.04. The molecule has 0 fully saturated rings. The predicted molar refractivity (Wildman–Crippen MR) is 60.2 cm³/mol. The van der Waals surface area contributed by atoms with Gasteiger partial charge in [-0.05, 0) is 25.1 Å². The molecular weight excluding hydrogens is 208 g/mol. The van der Waals surface area contributed by atoms with E-state index in [9.17, 15) is 4.79 Å². The van der Waals surface area contributed by atoms with Gasteiger partial charge in [0.1, 0.15) is 0 Å². The van der Waals surface area contributed by atoms with E-state index in [0.29, 0.717) is 18.0 Å². The highest BCUT2D eigenvalue weighted by Crippen LogP contribution is 2.20. The van der Waals surface area contributed by atoms with Gasteiger partial charge in [0.25, 0.3) is 0 Å². The van der Waals surface area contributed by atoms with Crippen LogP contribution in [-0.4, -0.2) is 20.6 Å². The van der Waals surface area contributed by atoms with Crippen LogP contribution in [0.4, 0.5) is 5.95 Å². The molecule has 1 heterocycles. The Morgan fingerprint density at radius 2 is 2.38 bits per heavy atom. The largest absolute Gasteiger partial charge is 0.478 e. The number of imidazole rings is 1. The van der Waals surface area contributed by atoms with Crippen molar-refractivity contribution in [3.8, 4) is 0 Å². The fraction of sp³-hybridized carbons (Fsp3) is 0.200. The van der Waals surface area contributed by atoms with Crippen molar-refractivity contribution in [3.05, 3.63) is 23.8 Å². The molecule has 0 aliphatic rings. The molecule has 1 aromatic heterocycles. The normalized spacial score (nSPS) is 10.6. The molecule has 0 radical (unpaired) electrons. The summed E-state index contributed by atoms with van der Waals surface area (Å²) in [5.74, 6) is 4.90. The number of hydrogen-bond donors (Lipinski definition) is 3. The number of carboxylic acid groups (broad SMARTS) is 1. The van der Waals surface area contributed by atoms with Crippen LogP contribution in [-0.2, 0) is 6.54 Å². The van der Waals surface area contributed by atoms with Crippen molar-refractivity contribution in [2.24, 2.45) is 5.84 Å². The van der Waals surface area contributed by atoms with Crippen molar-refractivity contribution in [1.29, 1.82) is 0 Å². The standard InChI is InChI=1S/C10H12N4O2/c1-2-14-8-4-3-6(9(15)16)5-7(8)12-10(14)13-11/h3-5H,2,11H2,1H3,(H,12,13)(H,15,16). The maximum Gasteiger partial charge on any atom is 0.335 e. The van der Waals surface area contributed by atoms with Crippen LogP contribution in [0.1, 0.15) is 17.3 Å². The van der Waals surface area contributed by atoms with Crippen molar-refractivity contribution < 1.29 is 9.90 Å². The first kappa shape index (κ1) is 10.4.